The second-order valence-corrected chi connectivity index (χ2v) is 8.65. The molecule has 6 nitrogen and oxygen atoms in total. The summed E-state index contributed by atoms with van der Waals surface area (Å²) in [7, 11) is 1.99. The predicted molar refractivity (Wildman–Crippen MR) is 131 cm³/mol. The summed E-state index contributed by atoms with van der Waals surface area (Å²) in [6, 6.07) is 24.3. The molecule has 1 aliphatic carbocycles. The maximum atomic E-state index is 13.0. The Morgan fingerprint density at radius 1 is 0.941 bits per heavy atom. The molecular weight excluding hydrogens is 428 g/mol. The van der Waals surface area contributed by atoms with E-state index in [1.807, 2.05) is 66.3 Å². The van der Waals surface area contributed by atoms with Crippen LogP contribution in [0.1, 0.15) is 22.6 Å². The largest absolute Gasteiger partial charge is 0.480 e. The molecule has 0 aliphatic heterocycles. The second-order valence-electron chi connectivity index (χ2n) is 8.65. The third kappa shape index (κ3) is 4.03. The number of ether oxygens (including phenoxy) is 1. The van der Waals surface area contributed by atoms with Gasteiger partial charge in [-0.15, -0.1) is 0 Å². The fraction of sp³-hybridized carbons (Fsp3) is 0.214. The molecule has 1 amide bonds. The highest BCUT2D eigenvalue weighted by atomic mass is 16.6. The summed E-state index contributed by atoms with van der Waals surface area (Å²) in [5.74, 6) is -1.13. The van der Waals surface area contributed by atoms with Gasteiger partial charge in [-0.2, -0.15) is 0 Å². The molecule has 0 spiro atoms. The standard InChI is InChI=1S/C28H26N2O4/c1-29-15-14-20-19(7-6-12-26(20)29)13-16-30(17-27(31)32)28(33)34-18-25-23-10-4-2-8-21(23)22-9-3-5-11-24(22)25/h2-12,14-15,25H,13,16-18H2,1H3,(H,31,32). The first-order valence-electron chi connectivity index (χ1n) is 11.4. The minimum atomic E-state index is -1.06. The Morgan fingerprint density at radius 3 is 2.29 bits per heavy atom. The fourth-order valence-corrected chi connectivity index (χ4v) is 4.92. The van der Waals surface area contributed by atoms with E-state index in [1.165, 1.54) is 4.90 Å². The average molecular weight is 455 g/mol. The lowest BCUT2D eigenvalue weighted by Gasteiger charge is -2.22. The number of carbonyl (C=O) groups excluding carboxylic acids is 1. The van der Waals surface area contributed by atoms with Crippen LogP contribution in [0.25, 0.3) is 22.0 Å². The van der Waals surface area contributed by atoms with E-state index in [-0.39, 0.29) is 19.1 Å². The minimum Gasteiger partial charge on any atom is -0.480 e. The SMILES string of the molecule is Cn1ccc2c(CCN(CC(=O)O)C(=O)OCC3c4ccccc4-c4ccccc43)cccc21. The van der Waals surface area contributed by atoms with Crippen molar-refractivity contribution in [2.75, 3.05) is 19.7 Å². The van der Waals surface area contributed by atoms with Gasteiger partial charge in [-0.3, -0.25) is 9.69 Å². The minimum absolute atomic E-state index is 0.0684. The smallest absolute Gasteiger partial charge is 0.410 e. The lowest BCUT2D eigenvalue weighted by Crippen LogP contribution is -2.38. The molecule has 1 aliphatic rings. The molecule has 6 heteroatoms. The van der Waals surface area contributed by atoms with E-state index in [4.69, 9.17) is 4.74 Å². The van der Waals surface area contributed by atoms with E-state index in [2.05, 4.69) is 24.3 Å². The molecule has 3 aromatic carbocycles. The van der Waals surface area contributed by atoms with Crippen LogP contribution in [-0.2, 0) is 23.0 Å². The van der Waals surface area contributed by atoms with Crippen molar-refractivity contribution in [3.63, 3.8) is 0 Å². The number of aromatic nitrogens is 1. The molecular formula is C28H26N2O4. The normalized spacial score (nSPS) is 12.4. The van der Waals surface area contributed by atoms with E-state index in [0.717, 1.165) is 38.7 Å². The van der Waals surface area contributed by atoms with Gasteiger partial charge in [0.2, 0.25) is 0 Å². The van der Waals surface area contributed by atoms with E-state index in [0.29, 0.717) is 6.42 Å². The molecule has 0 saturated heterocycles. The summed E-state index contributed by atoms with van der Waals surface area (Å²) in [6.45, 7) is 0.0235. The molecule has 0 fully saturated rings. The van der Waals surface area contributed by atoms with Crippen molar-refractivity contribution in [2.24, 2.45) is 7.05 Å². The number of carboxylic acid groups (broad SMARTS) is 1. The number of hydrogen-bond acceptors (Lipinski definition) is 3. The van der Waals surface area contributed by atoms with Crippen LogP contribution in [0.3, 0.4) is 0 Å². The third-order valence-electron chi connectivity index (χ3n) is 6.59. The summed E-state index contributed by atoms with van der Waals surface area (Å²) in [5, 5.41) is 10.5. The molecule has 0 unspecified atom stereocenters. The van der Waals surface area contributed by atoms with Crippen LogP contribution < -0.4 is 0 Å². The van der Waals surface area contributed by atoms with Crippen molar-refractivity contribution < 1.29 is 19.4 Å². The lowest BCUT2D eigenvalue weighted by atomic mass is 9.98. The Morgan fingerprint density at radius 2 is 1.62 bits per heavy atom. The number of aliphatic carboxylic acids is 1. The quantitative estimate of drug-likeness (QED) is 0.424. The summed E-state index contributed by atoms with van der Waals surface area (Å²) in [5.41, 5.74) is 6.72. The van der Waals surface area contributed by atoms with Crippen molar-refractivity contribution in [3.8, 4) is 11.1 Å². The van der Waals surface area contributed by atoms with Crippen LogP contribution in [0.2, 0.25) is 0 Å². The number of carboxylic acids is 1. The Kier molecular flexibility index (Phi) is 5.80. The van der Waals surface area contributed by atoms with Gasteiger partial charge in [0, 0.05) is 36.6 Å². The number of amides is 1. The maximum Gasteiger partial charge on any atom is 0.410 e. The molecule has 1 heterocycles. The zero-order valence-corrected chi connectivity index (χ0v) is 19.0. The maximum absolute atomic E-state index is 13.0. The van der Waals surface area contributed by atoms with Crippen molar-refractivity contribution in [1.82, 2.24) is 9.47 Å². The molecule has 0 saturated carbocycles. The van der Waals surface area contributed by atoms with Gasteiger partial charge in [0.05, 0.1) is 0 Å². The van der Waals surface area contributed by atoms with Gasteiger partial charge in [-0.25, -0.2) is 4.79 Å². The monoisotopic (exact) mass is 454 g/mol. The Bertz CT molecular complexity index is 1330. The Labute approximate surface area is 198 Å². The molecule has 172 valence electrons. The van der Waals surface area contributed by atoms with Crippen LogP contribution in [-0.4, -0.2) is 46.3 Å². The highest BCUT2D eigenvalue weighted by Gasteiger charge is 2.30. The molecule has 34 heavy (non-hydrogen) atoms. The van der Waals surface area contributed by atoms with Crippen molar-refractivity contribution in [3.05, 3.63) is 95.7 Å². The molecule has 4 aromatic rings. The van der Waals surface area contributed by atoms with Gasteiger partial charge >= 0.3 is 12.1 Å². The first kappa shape index (κ1) is 21.8. The van der Waals surface area contributed by atoms with Crippen molar-refractivity contribution in [2.45, 2.75) is 12.3 Å². The van der Waals surface area contributed by atoms with E-state index in [1.54, 1.807) is 0 Å². The molecule has 0 bridgehead atoms. The highest BCUT2D eigenvalue weighted by molar-refractivity contribution is 5.84. The van der Waals surface area contributed by atoms with Gasteiger partial charge in [0.1, 0.15) is 13.2 Å². The second kappa shape index (κ2) is 9.06. The molecule has 5 rings (SSSR count). The number of hydrogen-bond donors (Lipinski definition) is 1. The average Bonchev–Trinajstić information content (AvgIpc) is 3.38. The van der Waals surface area contributed by atoms with Crippen LogP contribution in [0.5, 0.6) is 0 Å². The van der Waals surface area contributed by atoms with Crippen LogP contribution >= 0.6 is 0 Å². The van der Waals surface area contributed by atoms with Crippen LogP contribution in [0.4, 0.5) is 4.79 Å². The number of rotatable bonds is 7. The van der Waals surface area contributed by atoms with Gasteiger partial charge < -0.3 is 14.4 Å². The molecule has 1 N–H and O–H groups in total. The predicted octanol–water partition coefficient (Wildman–Crippen LogP) is 5.06. The summed E-state index contributed by atoms with van der Waals surface area (Å²) in [4.78, 5) is 25.7. The molecule has 1 aromatic heterocycles. The zero-order valence-electron chi connectivity index (χ0n) is 19.0. The topological polar surface area (TPSA) is 71.8 Å². The number of nitrogens with zero attached hydrogens (tertiary/aromatic N) is 2. The van der Waals surface area contributed by atoms with Gasteiger partial charge in [-0.1, -0.05) is 60.7 Å². The number of aryl methyl sites for hydroxylation is 1. The fourth-order valence-electron chi connectivity index (χ4n) is 4.92. The Hall–Kier alpha value is -4.06. The summed E-state index contributed by atoms with van der Waals surface area (Å²) >= 11 is 0. The number of benzene rings is 3. The first-order valence-corrected chi connectivity index (χ1v) is 11.4. The summed E-state index contributed by atoms with van der Waals surface area (Å²) in [6.07, 6.45) is 1.93. The first-order chi connectivity index (χ1) is 16.5. The molecule has 0 atom stereocenters. The highest BCUT2D eigenvalue weighted by Crippen LogP contribution is 2.44. The molecule has 0 radical (unpaired) electrons. The van der Waals surface area contributed by atoms with Crippen LogP contribution in [0, 0.1) is 0 Å². The van der Waals surface area contributed by atoms with Gasteiger partial charge in [-0.05, 0) is 46.4 Å². The van der Waals surface area contributed by atoms with Crippen molar-refractivity contribution in [1.29, 1.82) is 0 Å². The number of carbonyl (C=O) groups is 2. The van der Waals surface area contributed by atoms with Gasteiger partial charge in [0.15, 0.2) is 0 Å². The Balaban J connectivity index is 1.31. The van der Waals surface area contributed by atoms with E-state index >= 15 is 0 Å². The lowest BCUT2D eigenvalue weighted by molar-refractivity contribution is -0.138. The summed E-state index contributed by atoms with van der Waals surface area (Å²) < 4.78 is 7.74. The zero-order chi connectivity index (χ0) is 23.7. The number of fused-ring (bicyclic) bond motifs is 4. The van der Waals surface area contributed by atoms with Crippen molar-refractivity contribution >= 4 is 23.0 Å². The third-order valence-corrected chi connectivity index (χ3v) is 6.59. The van der Waals surface area contributed by atoms with Crippen LogP contribution in [0.15, 0.2) is 79.0 Å². The van der Waals surface area contributed by atoms with E-state index < -0.39 is 18.6 Å². The van der Waals surface area contributed by atoms with E-state index in [9.17, 15) is 14.7 Å². The van der Waals surface area contributed by atoms with Gasteiger partial charge in [0.25, 0.3) is 0 Å².